The lowest BCUT2D eigenvalue weighted by Crippen LogP contribution is -2.47. The standard InChI is InChI=1S/C20H22N2O3/c1-2-22-17-6-4-3-5-15(17)16-13-14(7-8-18(16)22)21-19(23)20(24)9-11-25-12-10-20/h3-8,13,24H,2,9-12H2,1H3,(H,21,23). The van der Waals surface area contributed by atoms with Crippen molar-refractivity contribution in [3.8, 4) is 0 Å². The molecule has 25 heavy (non-hydrogen) atoms. The first kappa shape index (κ1) is 16.1. The van der Waals surface area contributed by atoms with Crippen LogP contribution in [0.1, 0.15) is 19.8 Å². The number of para-hydroxylation sites is 1. The highest BCUT2D eigenvalue weighted by atomic mass is 16.5. The third kappa shape index (κ3) is 2.69. The fraction of sp³-hybridized carbons (Fsp3) is 0.350. The van der Waals surface area contributed by atoms with Crippen LogP contribution in [0.4, 0.5) is 5.69 Å². The first-order chi connectivity index (χ1) is 12.1. The number of aliphatic hydroxyl groups is 1. The number of hydrogen-bond acceptors (Lipinski definition) is 3. The van der Waals surface area contributed by atoms with E-state index in [2.05, 4.69) is 28.9 Å². The molecule has 130 valence electrons. The predicted molar refractivity (Wildman–Crippen MR) is 98.8 cm³/mol. The summed E-state index contributed by atoms with van der Waals surface area (Å²) in [5.74, 6) is -0.352. The third-order valence-corrected chi connectivity index (χ3v) is 5.09. The van der Waals surface area contributed by atoms with Crippen LogP contribution >= 0.6 is 0 Å². The zero-order valence-corrected chi connectivity index (χ0v) is 14.3. The number of nitrogens with zero attached hydrogens (tertiary/aromatic N) is 1. The molecular formula is C20H22N2O3. The predicted octanol–water partition coefficient (Wildman–Crippen LogP) is 3.29. The van der Waals surface area contributed by atoms with Crippen LogP contribution in [0.2, 0.25) is 0 Å². The molecule has 0 radical (unpaired) electrons. The molecule has 0 bridgehead atoms. The summed E-state index contributed by atoms with van der Waals surface area (Å²) in [6.45, 7) is 3.83. The van der Waals surface area contributed by atoms with E-state index in [0.29, 0.717) is 31.7 Å². The van der Waals surface area contributed by atoms with Gasteiger partial charge in [-0.3, -0.25) is 4.79 Å². The van der Waals surface area contributed by atoms with Gasteiger partial charge in [0.05, 0.1) is 0 Å². The smallest absolute Gasteiger partial charge is 0.256 e. The van der Waals surface area contributed by atoms with Crippen molar-refractivity contribution in [2.75, 3.05) is 18.5 Å². The Morgan fingerprint density at radius 1 is 1.16 bits per heavy atom. The Morgan fingerprint density at radius 3 is 2.64 bits per heavy atom. The van der Waals surface area contributed by atoms with Crippen LogP contribution in [0.5, 0.6) is 0 Å². The van der Waals surface area contributed by atoms with Gasteiger partial charge in [-0.05, 0) is 31.2 Å². The molecular weight excluding hydrogens is 316 g/mol. The van der Waals surface area contributed by atoms with Crippen LogP contribution < -0.4 is 5.32 Å². The van der Waals surface area contributed by atoms with Gasteiger partial charge in [-0.1, -0.05) is 18.2 Å². The number of carbonyl (C=O) groups excluding carboxylic acids is 1. The summed E-state index contributed by atoms with van der Waals surface area (Å²) in [5.41, 5.74) is 1.69. The molecule has 0 spiro atoms. The van der Waals surface area contributed by atoms with E-state index in [0.717, 1.165) is 17.4 Å². The molecule has 2 N–H and O–H groups in total. The Kier molecular flexibility index (Phi) is 3.98. The average Bonchev–Trinajstić information content (AvgIpc) is 2.95. The van der Waals surface area contributed by atoms with Crippen LogP contribution in [0, 0.1) is 0 Å². The van der Waals surface area contributed by atoms with Gasteiger partial charge < -0.3 is 19.7 Å². The number of anilines is 1. The maximum absolute atomic E-state index is 12.5. The molecule has 1 saturated heterocycles. The Labute approximate surface area is 146 Å². The van der Waals surface area contributed by atoms with Gasteiger partial charge in [0, 0.05) is 60.1 Å². The summed E-state index contributed by atoms with van der Waals surface area (Å²) in [4.78, 5) is 12.5. The van der Waals surface area contributed by atoms with Crippen molar-refractivity contribution in [2.45, 2.75) is 31.9 Å². The van der Waals surface area contributed by atoms with Crippen molar-refractivity contribution in [3.63, 3.8) is 0 Å². The molecule has 1 amide bonds. The van der Waals surface area contributed by atoms with Crippen molar-refractivity contribution in [1.82, 2.24) is 4.57 Å². The molecule has 1 aliphatic heterocycles. The summed E-state index contributed by atoms with van der Waals surface area (Å²) in [5, 5.41) is 15.7. The number of benzene rings is 2. The summed E-state index contributed by atoms with van der Waals surface area (Å²) < 4.78 is 7.51. The highest BCUT2D eigenvalue weighted by Crippen LogP contribution is 2.31. The number of carbonyl (C=O) groups is 1. The lowest BCUT2D eigenvalue weighted by molar-refractivity contribution is -0.143. The zero-order chi connectivity index (χ0) is 17.4. The number of ether oxygens (including phenoxy) is 1. The van der Waals surface area contributed by atoms with E-state index < -0.39 is 5.60 Å². The minimum atomic E-state index is -1.34. The minimum absolute atomic E-state index is 0.330. The summed E-state index contributed by atoms with van der Waals surface area (Å²) in [6, 6.07) is 14.2. The van der Waals surface area contributed by atoms with Gasteiger partial charge in [-0.25, -0.2) is 0 Å². The Balaban J connectivity index is 1.72. The third-order valence-electron chi connectivity index (χ3n) is 5.09. The highest BCUT2D eigenvalue weighted by Gasteiger charge is 2.37. The lowest BCUT2D eigenvalue weighted by atomic mass is 9.93. The maximum Gasteiger partial charge on any atom is 0.256 e. The Hall–Kier alpha value is -2.37. The number of amides is 1. The molecule has 4 rings (SSSR count). The SMILES string of the molecule is CCn1c2ccccc2c2cc(NC(=O)C3(O)CCOCC3)ccc21. The Bertz CT molecular complexity index is 939. The van der Waals surface area contributed by atoms with Crippen molar-refractivity contribution in [2.24, 2.45) is 0 Å². The molecule has 2 aromatic carbocycles. The van der Waals surface area contributed by atoms with Crippen LogP contribution in [-0.2, 0) is 16.1 Å². The van der Waals surface area contributed by atoms with Gasteiger partial charge >= 0.3 is 0 Å². The van der Waals surface area contributed by atoms with Gasteiger partial charge in [0.15, 0.2) is 0 Å². The molecule has 0 saturated carbocycles. The van der Waals surface area contributed by atoms with Crippen molar-refractivity contribution < 1.29 is 14.6 Å². The van der Waals surface area contributed by atoms with Gasteiger partial charge in [-0.15, -0.1) is 0 Å². The molecule has 5 nitrogen and oxygen atoms in total. The second kappa shape index (κ2) is 6.17. The Morgan fingerprint density at radius 2 is 1.88 bits per heavy atom. The quantitative estimate of drug-likeness (QED) is 0.770. The largest absolute Gasteiger partial charge is 0.381 e. The number of aryl methyl sites for hydroxylation is 1. The van der Waals surface area contributed by atoms with Gasteiger partial charge in [0.2, 0.25) is 0 Å². The molecule has 0 unspecified atom stereocenters. The monoisotopic (exact) mass is 338 g/mol. The second-order valence-electron chi connectivity index (χ2n) is 6.59. The van der Waals surface area contributed by atoms with Crippen molar-refractivity contribution in [3.05, 3.63) is 42.5 Å². The van der Waals surface area contributed by atoms with Crippen LogP contribution in [0.15, 0.2) is 42.5 Å². The molecule has 0 aliphatic carbocycles. The summed E-state index contributed by atoms with van der Waals surface area (Å²) >= 11 is 0. The molecule has 1 aliphatic rings. The van der Waals surface area contributed by atoms with Gasteiger partial charge in [-0.2, -0.15) is 0 Å². The van der Waals surface area contributed by atoms with Crippen LogP contribution in [-0.4, -0.2) is 34.4 Å². The fourth-order valence-corrected chi connectivity index (χ4v) is 3.66. The molecule has 2 heterocycles. The van der Waals surface area contributed by atoms with Crippen LogP contribution in [0.25, 0.3) is 21.8 Å². The summed E-state index contributed by atoms with van der Waals surface area (Å²) in [6.07, 6.45) is 0.659. The molecule has 0 atom stereocenters. The summed E-state index contributed by atoms with van der Waals surface area (Å²) in [7, 11) is 0. The number of aromatic nitrogens is 1. The van der Waals surface area contributed by atoms with E-state index in [-0.39, 0.29) is 5.91 Å². The molecule has 1 aromatic heterocycles. The van der Waals surface area contributed by atoms with Gasteiger partial charge in [0.25, 0.3) is 5.91 Å². The van der Waals surface area contributed by atoms with E-state index in [1.165, 1.54) is 10.9 Å². The van der Waals surface area contributed by atoms with Crippen molar-refractivity contribution >= 4 is 33.4 Å². The average molecular weight is 338 g/mol. The maximum atomic E-state index is 12.5. The first-order valence-electron chi connectivity index (χ1n) is 8.75. The molecule has 3 aromatic rings. The zero-order valence-electron chi connectivity index (χ0n) is 14.3. The van der Waals surface area contributed by atoms with E-state index in [1.807, 2.05) is 30.3 Å². The van der Waals surface area contributed by atoms with E-state index >= 15 is 0 Å². The fourth-order valence-electron chi connectivity index (χ4n) is 3.66. The van der Waals surface area contributed by atoms with Crippen molar-refractivity contribution in [1.29, 1.82) is 0 Å². The van der Waals surface area contributed by atoms with E-state index in [1.54, 1.807) is 0 Å². The molecule has 5 heteroatoms. The first-order valence-corrected chi connectivity index (χ1v) is 8.75. The number of fused-ring (bicyclic) bond motifs is 3. The van der Waals surface area contributed by atoms with Gasteiger partial charge in [0.1, 0.15) is 5.60 Å². The second-order valence-corrected chi connectivity index (χ2v) is 6.59. The normalized spacial score (nSPS) is 17.0. The van der Waals surface area contributed by atoms with Crippen LogP contribution in [0.3, 0.4) is 0 Å². The topological polar surface area (TPSA) is 63.5 Å². The highest BCUT2D eigenvalue weighted by molar-refractivity contribution is 6.10. The van der Waals surface area contributed by atoms with E-state index in [9.17, 15) is 9.90 Å². The minimum Gasteiger partial charge on any atom is -0.381 e. The van der Waals surface area contributed by atoms with E-state index in [4.69, 9.17) is 4.74 Å². The number of rotatable bonds is 3. The number of nitrogens with one attached hydrogen (secondary N) is 1. The number of hydrogen-bond donors (Lipinski definition) is 2. The molecule has 1 fully saturated rings. The lowest BCUT2D eigenvalue weighted by Gasteiger charge is -2.30.